The van der Waals surface area contributed by atoms with E-state index in [4.69, 9.17) is 4.74 Å². The quantitative estimate of drug-likeness (QED) is 0.820. The van der Waals surface area contributed by atoms with Crippen LogP contribution in [0.1, 0.15) is 0 Å². The summed E-state index contributed by atoms with van der Waals surface area (Å²) in [6.45, 7) is 3.65. The third-order valence-electron chi connectivity index (χ3n) is 3.84. The van der Waals surface area contributed by atoms with Crippen molar-refractivity contribution in [2.45, 2.75) is 0 Å². The van der Waals surface area contributed by atoms with Gasteiger partial charge in [0.1, 0.15) is 0 Å². The normalized spacial score (nSPS) is 14.6. The second-order valence-electron chi connectivity index (χ2n) is 6.15. The molecule has 0 saturated carbocycles. The van der Waals surface area contributed by atoms with Crippen LogP contribution >= 0.6 is 0 Å². The molecule has 7 heteroatoms. The molecule has 132 valence electrons. The highest BCUT2D eigenvalue weighted by molar-refractivity contribution is 5.92. The summed E-state index contributed by atoms with van der Waals surface area (Å²) >= 11 is 0. The number of anilines is 2. The van der Waals surface area contributed by atoms with Gasteiger partial charge in [0.05, 0.1) is 26.3 Å². The van der Waals surface area contributed by atoms with Crippen molar-refractivity contribution < 1.29 is 14.3 Å². The van der Waals surface area contributed by atoms with Crippen LogP contribution in [0.25, 0.3) is 0 Å². The molecule has 1 aromatic carbocycles. The number of ether oxygens (including phenoxy) is 1. The third-order valence-corrected chi connectivity index (χ3v) is 3.84. The fourth-order valence-corrected chi connectivity index (χ4v) is 2.45. The molecule has 1 aliphatic rings. The number of benzene rings is 1. The zero-order valence-corrected chi connectivity index (χ0v) is 14.6. The Morgan fingerprint density at radius 3 is 2.29 bits per heavy atom. The first-order valence-corrected chi connectivity index (χ1v) is 8.07. The van der Waals surface area contributed by atoms with Gasteiger partial charge in [-0.1, -0.05) is 0 Å². The predicted octanol–water partition coefficient (Wildman–Crippen LogP) is 0.482. The van der Waals surface area contributed by atoms with E-state index < -0.39 is 0 Å². The molecule has 0 atom stereocenters. The van der Waals surface area contributed by atoms with Crippen LogP contribution in [0.15, 0.2) is 24.3 Å². The minimum Gasteiger partial charge on any atom is -0.378 e. The summed E-state index contributed by atoms with van der Waals surface area (Å²) < 4.78 is 5.35. The fraction of sp³-hybridized carbons (Fsp3) is 0.529. The summed E-state index contributed by atoms with van der Waals surface area (Å²) in [6, 6.07) is 7.79. The summed E-state index contributed by atoms with van der Waals surface area (Å²) in [5.74, 6) is -0.164. The number of morpholine rings is 1. The highest BCUT2D eigenvalue weighted by Gasteiger charge is 2.13. The number of nitrogens with one attached hydrogen (secondary N) is 1. The summed E-state index contributed by atoms with van der Waals surface area (Å²) in [4.78, 5) is 29.1. The molecule has 2 rings (SSSR count). The standard InChI is InChI=1S/C17H26N4O3/c1-19(2)17(23)13-20(3)12-16(22)18-14-4-6-15(7-5-14)21-8-10-24-11-9-21/h4-7H,8-13H2,1-3H3,(H,18,22). The highest BCUT2D eigenvalue weighted by atomic mass is 16.5. The second kappa shape index (κ2) is 8.65. The lowest BCUT2D eigenvalue weighted by molar-refractivity contribution is -0.130. The Kier molecular flexibility index (Phi) is 6.57. The summed E-state index contributed by atoms with van der Waals surface area (Å²) in [7, 11) is 5.15. The molecule has 1 saturated heterocycles. The first-order valence-electron chi connectivity index (χ1n) is 8.07. The van der Waals surface area contributed by atoms with Gasteiger partial charge in [-0.25, -0.2) is 0 Å². The molecule has 1 fully saturated rings. The fourth-order valence-electron chi connectivity index (χ4n) is 2.45. The van der Waals surface area contributed by atoms with E-state index in [2.05, 4.69) is 10.2 Å². The number of likely N-dealkylation sites (N-methyl/N-ethyl adjacent to an activating group) is 2. The SMILES string of the molecule is CN(CC(=O)Nc1ccc(N2CCOCC2)cc1)CC(=O)N(C)C. The van der Waals surface area contributed by atoms with Crippen LogP contribution in [-0.2, 0) is 14.3 Å². The van der Waals surface area contributed by atoms with Gasteiger partial charge in [0.2, 0.25) is 11.8 Å². The molecule has 0 aromatic heterocycles. The van der Waals surface area contributed by atoms with Gasteiger partial charge in [-0.05, 0) is 31.3 Å². The van der Waals surface area contributed by atoms with E-state index in [1.807, 2.05) is 24.3 Å². The van der Waals surface area contributed by atoms with E-state index >= 15 is 0 Å². The molecule has 1 aromatic rings. The van der Waals surface area contributed by atoms with E-state index in [-0.39, 0.29) is 24.9 Å². The number of rotatable bonds is 6. The van der Waals surface area contributed by atoms with Gasteiger partial charge in [0.25, 0.3) is 0 Å². The second-order valence-corrected chi connectivity index (χ2v) is 6.15. The monoisotopic (exact) mass is 334 g/mol. The van der Waals surface area contributed by atoms with Crippen molar-refractivity contribution in [1.82, 2.24) is 9.80 Å². The zero-order chi connectivity index (χ0) is 17.5. The molecule has 0 radical (unpaired) electrons. The molecule has 1 N–H and O–H groups in total. The number of hydrogen-bond donors (Lipinski definition) is 1. The Labute approximate surface area is 143 Å². The number of nitrogens with zero attached hydrogens (tertiary/aromatic N) is 3. The van der Waals surface area contributed by atoms with Crippen LogP contribution in [0.4, 0.5) is 11.4 Å². The van der Waals surface area contributed by atoms with Crippen LogP contribution in [0.3, 0.4) is 0 Å². The Hall–Kier alpha value is -2.12. The average Bonchev–Trinajstić information content (AvgIpc) is 2.56. The molecule has 0 spiro atoms. The molecule has 0 bridgehead atoms. The average molecular weight is 334 g/mol. The van der Waals surface area contributed by atoms with Crippen LogP contribution in [0.2, 0.25) is 0 Å². The lowest BCUT2D eigenvalue weighted by atomic mass is 10.2. The van der Waals surface area contributed by atoms with Crippen molar-refractivity contribution in [1.29, 1.82) is 0 Å². The molecule has 7 nitrogen and oxygen atoms in total. The van der Waals surface area contributed by atoms with Gasteiger partial charge in [-0.3, -0.25) is 14.5 Å². The van der Waals surface area contributed by atoms with Crippen molar-refractivity contribution in [3.8, 4) is 0 Å². The van der Waals surface area contributed by atoms with Crippen LogP contribution in [0.5, 0.6) is 0 Å². The van der Waals surface area contributed by atoms with Crippen molar-refractivity contribution in [2.24, 2.45) is 0 Å². The van der Waals surface area contributed by atoms with Gasteiger partial charge in [-0.15, -0.1) is 0 Å². The first-order chi connectivity index (χ1) is 11.5. The number of carbonyl (C=O) groups is 2. The van der Waals surface area contributed by atoms with E-state index in [1.165, 1.54) is 4.90 Å². The third kappa shape index (κ3) is 5.50. The summed E-state index contributed by atoms with van der Waals surface area (Å²) in [6.07, 6.45) is 0. The first kappa shape index (κ1) is 18.2. The zero-order valence-electron chi connectivity index (χ0n) is 14.6. The molecule has 0 unspecified atom stereocenters. The molecule has 1 heterocycles. The predicted molar refractivity (Wildman–Crippen MR) is 94.3 cm³/mol. The maximum atomic E-state index is 12.1. The minimum absolute atomic E-state index is 0.0276. The van der Waals surface area contributed by atoms with Crippen LogP contribution in [0, 0.1) is 0 Å². The van der Waals surface area contributed by atoms with E-state index in [0.717, 1.165) is 37.7 Å². The molecule has 0 aliphatic carbocycles. The van der Waals surface area contributed by atoms with Crippen LogP contribution in [-0.4, -0.2) is 82.1 Å². The van der Waals surface area contributed by atoms with Crippen molar-refractivity contribution in [2.75, 3.05) is 70.8 Å². The van der Waals surface area contributed by atoms with E-state index in [9.17, 15) is 9.59 Å². The van der Waals surface area contributed by atoms with Crippen LogP contribution < -0.4 is 10.2 Å². The van der Waals surface area contributed by atoms with Crippen molar-refractivity contribution in [3.63, 3.8) is 0 Å². The topological polar surface area (TPSA) is 65.1 Å². The molecular weight excluding hydrogens is 308 g/mol. The summed E-state index contributed by atoms with van der Waals surface area (Å²) in [5.41, 5.74) is 1.88. The van der Waals surface area contributed by atoms with Gasteiger partial charge in [0, 0.05) is 38.6 Å². The lowest BCUT2D eigenvalue weighted by Crippen LogP contribution is -2.38. The maximum Gasteiger partial charge on any atom is 0.238 e. The van der Waals surface area contributed by atoms with Crippen molar-refractivity contribution in [3.05, 3.63) is 24.3 Å². The largest absolute Gasteiger partial charge is 0.378 e. The van der Waals surface area contributed by atoms with Crippen molar-refractivity contribution >= 4 is 23.2 Å². The maximum absolute atomic E-state index is 12.1. The van der Waals surface area contributed by atoms with E-state index in [1.54, 1.807) is 26.0 Å². The summed E-state index contributed by atoms with van der Waals surface area (Å²) in [5, 5.41) is 2.86. The lowest BCUT2D eigenvalue weighted by Gasteiger charge is -2.28. The van der Waals surface area contributed by atoms with Gasteiger partial charge in [0.15, 0.2) is 0 Å². The Bertz CT molecular complexity index is 553. The van der Waals surface area contributed by atoms with Gasteiger partial charge < -0.3 is 19.9 Å². The van der Waals surface area contributed by atoms with Gasteiger partial charge >= 0.3 is 0 Å². The smallest absolute Gasteiger partial charge is 0.238 e. The number of amides is 2. The minimum atomic E-state index is -0.136. The number of carbonyl (C=O) groups excluding carboxylic acids is 2. The molecule has 24 heavy (non-hydrogen) atoms. The van der Waals surface area contributed by atoms with Gasteiger partial charge in [-0.2, -0.15) is 0 Å². The molecule has 2 amide bonds. The molecular formula is C17H26N4O3. The Morgan fingerprint density at radius 1 is 1.08 bits per heavy atom. The van der Waals surface area contributed by atoms with E-state index in [0.29, 0.717) is 0 Å². The molecule has 1 aliphatic heterocycles. The Morgan fingerprint density at radius 2 is 1.71 bits per heavy atom. The number of hydrogen-bond acceptors (Lipinski definition) is 5. The Balaban J connectivity index is 1.82. The highest BCUT2D eigenvalue weighted by Crippen LogP contribution is 2.18.